The van der Waals surface area contributed by atoms with Gasteiger partial charge in [0.05, 0.1) is 0 Å². The maximum atomic E-state index is 9.31. The first-order valence-corrected chi connectivity index (χ1v) is 5.63. The summed E-state index contributed by atoms with van der Waals surface area (Å²) in [4.78, 5) is 2.31. The van der Waals surface area contributed by atoms with Crippen molar-refractivity contribution in [3.05, 3.63) is 35.9 Å². The van der Waals surface area contributed by atoms with Gasteiger partial charge in [0.25, 0.3) is 0 Å². The number of benzene rings is 1. The highest BCUT2D eigenvalue weighted by molar-refractivity contribution is 5.15. The average molecular weight is 205 g/mol. The third-order valence-electron chi connectivity index (χ3n) is 3.33. The molecular weight excluding hydrogens is 186 g/mol. The Morgan fingerprint density at radius 3 is 2.53 bits per heavy atom. The van der Waals surface area contributed by atoms with Crippen molar-refractivity contribution in [2.24, 2.45) is 11.8 Å². The predicted molar refractivity (Wildman–Crippen MR) is 61.7 cm³/mol. The van der Waals surface area contributed by atoms with E-state index in [0.29, 0.717) is 18.4 Å². The Kier molecular flexibility index (Phi) is 3.39. The summed E-state index contributed by atoms with van der Waals surface area (Å²) in [7, 11) is 2.13. The minimum atomic E-state index is 0.321. The van der Waals surface area contributed by atoms with E-state index in [-0.39, 0.29) is 0 Å². The SMILES string of the molecule is CN1CC(CO)[C@H](Cc2ccccc2)C1. The zero-order valence-electron chi connectivity index (χ0n) is 9.26. The molecule has 0 aliphatic carbocycles. The lowest BCUT2D eigenvalue weighted by molar-refractivity contribution is 0.202. The molecule has 1 N–H and O–H groups in total. The highest BCUT2D eigenvalue weighted by Crippen LogP contribution is 2.25. The van der Waals surface area contributed by atoms with Crippen LogP contribution in [-0.2, 0) is 6.42 Å². The Hall–Kier alpha value is -0.860. The predicted octanol–water partition coefficient (Wildman–Crippen LogP) is 1.40. The normalized spacial score (nSPS) is 27.1. The second-order valence-electron chi connectivity index (χ2n) is 4.61. The van der Waals surface area contributed by atoms with Crippen LogP contribution in [0.1, 0.15) is 5.56 Å². The highest BCUT2D eigenvalue weighted by atomic mass is 16.3. The molecule has 0 amide bonds. The molecule has 15 heavy (non-hydrogen) atoms. The largest absolute Gasteiger partial charge is 0.396 e. The molecule has 0 bridgehead atoms. The van der Waals surface area contributed by atoms with E-state index in [1.165, 1.54) is 5.56 Å². The van der Waals surface area contributed by atoms with Crippen molar-refractivity contribution in [3.63, 3.8) is 0 Å². The van der Waals surface area contributed by atoms with Crippen molar-refractivity contribution < 1.29 is 5.11 Å². The van der Waals surface area contributed by atoms with Gasteiger partial charge < -0.3 is 10.0 Å². The fourth-order valence-corrected chi connectivity index (χ4v) is 2.53. The van der Waals surface area contributed by atoms with Crippen LogP contribution >= 0.6 is 0 Å². The monoisotopic (exact) mass is 205 g/mol. The molecule has 2 atom stereocenters. The van der Waals surface area contributed by atoms with E-state index in [2.05, 4.69) is 36.2 Å². The molecule has 1 fully saturated rings. The van der Waals surface area contributed by atoms with E-state index in [4.69, 9.17) is 0 Å². The Balaban J connectivity index is 2.00. The molecule has 82 valence electrons. The summed E-state index contributed by atoms with van der Waals surface area (Å²) in [5.41, 5.74) is 1.39. The number of hydrogen-bond donors (Lipinski definition) is 1. The highest BCUT2D eigenvalue weighted by Gasteiger charge is 2.29. The van der Waals surface area contributed by atoms with Gasteiger partial charge in [-0.1, -0.05) is 30.3 Å². The van der Waals surface area contributed by atoms with Crippen LogP contribution in [0.2, 0.25) is 0 Å². The summed E-state index contributed by atoms with van der Waals surface area (Å²) in [6.07, 6.45) is 1.09. The van der Waals surface area contributed by atoms with E-state index in [9.17, 15) is 5.11 Å². The Labute approximate surface area is 91.5 Å². The molecule has 2 rings (SSSR count). The minimum absolute atomic E-state index is 0.321. The molecule has 0 aromatic heterocycles. The Morgan fingerprint density at radius 2 is 1.87 bits per heavy atom. The molecule has 1 unspecified atom stereocenters. The first-order chi connectivity index (χ1) is 7.29. The lowest BCUT2D eigenvalue weighted by atomic mass is 9.90. The van der Waals surface area contributed by atoms with Gasteiger partial charge in [-0.15, -0.1) is 0 Å². The standard InChI is InChI=1S/C13H19NO/c1-14-8-12(13(9-14)10-15)7-11-5-3-2-4-6-11/h2-6,12-13,15H,7-10H2,1H3/t12-,13?/m1/s1. The van der Waals surface area contributed by atoms with Crippen LogP contribution < -0.4 is 0 Å². The minimum Gasteiger partial charge on any atom is -0.396 e. The van der Waals surface area contributed by atoms with Gasteiger partial charge in [0, 0.05) is 19.7 Å². The molecule has 1 saturated heterocycles. The first kappa shape index (κ1) is 10.7. The summed E-state index contributed by atoms with van der Waals surface area (Å²) < 4.78 is 0. The van der Waals surface area contributed by atoms with Crippen molar-refractivity contribution in [1.29, 1.82) is 0 Å². The van der Waals surface area contributed by atoms with E-state index < -0.39 is 0 Å². The number of likely N-dealkylation sites (tertiary alicyclic amines) is 1. The number of hydrogen-bond acceptors (Lipinski definition) is 2. The van der Waals surface area contributed by atoms with Crippen molar-refractivity contribution in [1.82, 2.24) is 4.90 Å². The number of rotatable bonds is 3. The maximum absolute atomic E-state index is 9.31. The molecular formula is C13H19NO. The second kappa shape index (κ2) is 4.77. The van der Waals surface area contributed by atoms with Gasteiger partial charge in [-0.05, 0) is 30.9 Å². The van der Waals surface area contributed by atoms with Crippen LogP contribution in [0.15, 0.2) is 30.3 Å². The molecule has 2 heteroatoms. The molecule has 1 aliphatic rings. The average Bonchev–Trinajstić information content (AvgIpc) is 2.60. The van der Waals surface area contributed by atoms with Gasteiger partial charge in [-0.25, -0.2) is 0 Å². The number of nitrogens with zero attached hydrogens (tertiary/aromatic N) is 1. The summed E-state index contributed by atoms with van der Waals surface area (Å²) in [6, 6.07) is 10.6. The summed E-state index contributed by atoms with van der Waals surface area (Å²) in [5.74, 6) is 1.07. The molecule has 2 nitrogen and oxygen atoms in total. The summed E-state index contributed by atoms with van der Waals surface area (Å²) in [6.45, 7) is 2.47. The van der Waals surface area contributed by atoms with Gasteiger partial charge in [0.2, 0.25) is 0 Å². The molecule has 1 heterocycles. The van der Waals surface area contributed by atoms with Crippen molar-refractivity contribution in [2.75, 3.05) is 26.7 Å². The van der Waals surface area contributed by atoms with Crippen LogP contribution in [0.5, 0.6) is 0 Å². The number of aliphatic hydroxyl groups excluding tert-OH is 1. The van der Waals surface area contributed by atoms with Gasteiger partial charge in [0.1, 0.15) is 0 Å². The van der Waals surface area contributed by atoms with E-state index in [1.807, 2.05) is 6.07 Å². The lowest BCUT2D eigenvalue weighted by Crippen LogP contribution is -2.18. The first-order valence-electron chi connectivity index (χ1n) is 5.63. The van der Waals surface area contributed by atoms with Crippen molar-refractivity contribution >= 4 is 0 Å². The van der Waals surface area contributed by atoms with Gasteiger partial charge in [0.15, 0.2) is 0 Å². The van der Waals surface area contributed by atoms with Gasteiger partial charge >= 0.3 is 0 Å². The fraction of sp³-hybridized carbons (Fsp3) is 0.538. The zero-order valence-corrected chi connectivity index (χ0v) is 9.26. The van der Waals surface area contributed by atoms with Crippen LogP contribution in [0.25, 0.3) is 0 Å². The second-order valence-corrected chi connectivity index (χ2v) is 4.61. The van der Waals surface area contributed by atoms with Crippen molar-refractivity contribution in [3.8, 4) is 0 Å². The lowest BCUT2D eigenvalue weighted by Gasteiger charge is -2.15. The summed E-state index contributed by atoms with van der Waals surface area (Å²) >= 11 is 0. The summed E-state index contributed by atoms with van der Waals surface area (Å²) in [5, 5.41) is 9.31. The van der Waals surface area contributed by atoms with Crippen molar-refractivity contribution in [2.45, 2.75) is 6.42 Å². The number of aliphatic hydroxyl groups is 1. The molecule has 0 spiro atoms. The molecule has 1 aromatic carbocycles. The van der Waals surface area contributed by atoms with Crippen LogP contribution in [0, 0.1) is 11.8 Å². The van der Waals surface area contributed by atoms with Gasteiger partial charge in [-0.3, -0.25) is 0 Å². The molecule has 1 aromatic rings. The third-order valence-corrected chi connectivity index (χ3v) is 3.33. The van der Waals surface area contributed by atoms with Crippen LogP contribution in [0.3, 0.4) is 0 Å². The molecule has 1 aliphatic heterocycles. The third kappa shape index (κ3) is 2.58. The molecule has 0 radical (unpaired) electrons. The van der Waals surface area contributed by atoms with E-state index >= 15 is 0 Å². The maximum Gasteiger partial charge on any atom is 0.0474 e. The topological polar surface area (TPSA) is 23.5 Å². The van der Waals surface area contributed by atoms with E-state index in [1.54, 1.807) is 0 Å². The van der Waals surface area contributed by atoms with Crippen LogP contribution in [0.4, 0.5) is 0 Å². The zero-order chi connectivity index (χ0) is 10.7. The Bertz CT molecular complexity index is 299. The van der Waals surface area contributed by atoms with Crippen LogP contribution in [-0.4, -0.2) is 36.8 Å². The molecule has 0 saturated carbocycles. The van der Waals surface area contributed by atoms with Gasteiger partial charge in [-0.2, -0.15) is 0 Å². The fourth-order valence-electron chi connectivity index (χ4n) is 2.53. The van der Waals surface area contributed by atoms with E-state index in [0.717, 1.165) is 19.5 Å². The Morgan fingerprint density at radius 1 is 1.20 bits per heavy atom. The quantitative estimate of drug-likeness (QED) is 0.806. The smallest absolute Gasteiger partial charge is 0.0474 e.